The Hall–Kier alpha value is -1.57. The first-order chi connectivity index (χ1) is 18.5. The molecule has 228 valence electrons. The molecule has 0 amide bonds. The number of alkyl halides is 3. The summed E-state index contributed by atoms with van der Waals surface area (Å²) in [4.78, 5) is 4.95. The van der Waals surface area contributed by atoms with Gasteiger partial charge in [-0.25, -0.2) is 0 Å². The van der Waals surface area contributed by atoms with Crippen molar-refractivity contribution in [3.8, 4) is 0 Å². The van der Waals surface area contributed by atoms with E-state index in [-0.39, 0.29) is 11.3 Å². The monoisotopic (exact) mass is 583 g/mol. The number of pyridine rings is 1. The summed E-state index contributed by atoms with van der Waals surface area (Å²) in [5, 5.41) is 22.0. The van der Waals surface area contributed by atoms with Crippen LogP contribution >= 0.6 is 12.6 Å². The van der Waals surface area contributed by atoms with Crippen LogP contribution in [0.3, 0.4) is 0 Å². The largest absolute Gasteiger partial charge is 0.416 e. The fraction of sp³-hybridized carbons (Fsp3) is 0.667. The van der Waals surface area contributed by atoms with Crippen molar-refractivity contribution in [3.05, 3.63) is 63.5 Å². The number of aliphatic hydroxyl groups is 2. The standard InChI is InChI=1S/C24H28F3NO2.C6H14.C2H6.CH4S/c1-13-19-17(11-23(2,3)12-18(19)29)28-21(14-5-4-6-14)20(13)22(30)15-7-9-16(10-8-15)24(25,26)27;1-5-6(2,3)4;2*1-2/h7-10,14,18,22,29-30H,4-6,11-12H2,1-3H3;5H2,1-4H3;1-2H3;2H,1H3/t18?,22-;;;/m0.../s1. The number of hydrogen-bond donors (Lipinski definition) is 3. The minimum absolute atomic E-state index is 0.0592. The molecule has 1 unspecified atom stereocenters. The number of rotatable bonds is 3. The molecule has 0 radical (unpaired) electrons. The van der Waals surface area contributed by atoms with Gasteiger partial charge in [0, 0.05) is 22.7 Å². The lowest BCUT2D eigenvalue weighted by molar-refractivity contribution is -0.137. The number of aliphatic hydroxyl groups excluding tert-OH is 2. The Morgan fingerprint density at radius 3 is 1.95 bits per heavy atom. The Kier molecular flexibility index (Phi) is 13.7. The van der Waals surface area contributed by atoms with E-state index >= 15 is 0 Å². The Balaban J connectivity index is 0.000000700. The van der Waals surface area contributed by atoms with E-state index in [0.717, 1.165) is 60.3 Å². The molecule has 1 heterocycles. The molecule has 0 bridgehead atoms. The molecular weight excluding hydrogens is 531 g/mol. The Morgan fingerprint density at radius 1 is 1.05 bits per heavy atom. The molecule has 1 saturated carbocycles. The second-order valence-electron chi connectivity index (χ2n) is 12.5. The fourth-order valence-corrected chi connectivity index (χ4v) is 4.91. The van der Waals surface area contributed by atoms with Gasteiger partial charge in [-0.05, 0) is 73.0 Å². The van der Waals surface area contributed by atoms with Gasteiger partial charge in [0.15, 0.2) is 0 Å². The van der Waals surface area contributed by atoms with E-state index in [0.29, 0.717) is 23.0 Å². The van der Waals surface area contributed by atoms with Crippen molar-refractivity contribution in [1.29, 1.82) is 0 Å². The van der Waals surface area contributed by atoms with E-state index in [4.69, 9.17) is 4.98 Å². The summed E-state index contributed by atoms with van der Waals surface area (Å²) in [6.07, 6.45) is 1.26. The van der Waals surface area contributed by atoms with Crippen LogP contribution in [0.5, 0.6) is 0 Å². The molecule has 0 aliphatic heterocycles. The highest BCUT2D eigenvalue weighted by Crippen LogP contribution is 2.47. The van der Waals surface area contributed by atoms with Crippen molar-refractivity contribution in [2.45, 2.75) is 125 Å². The van der Waals surface area contributed by atoms with E-state index in [1.807, 2.05) is 20.8 Å². The van der Waals surface area contributed by atoms with E-state index < -0.39 is 23.9 Å². The lowest BCUT2D eigenvalue weighted by Gasteiger charge is -2.38. The quantitative estimate of drug-likeness (QED) is 0.315. The lowest BCUT2D eigenvalue weighted by atomic mass is 9.71. The van der Waals surface area contributed by atoms with E-state index in [9.17, 15) is 23.4 Å². The molecule has 0 spiro atoms. The second-order valence-corrected chi connectivity index (χ2v) is 12.5. The molecule has 2 aliphatic carbocycles. The van der Waals surface area contributed by atoms with Crippen molar-refractivity contribution in [2.75, 3.05) is 6.26 Å². The molecule has 3 nitrogen and oxygen atoms in total. The van der Waals surface area contributed by atoms with E-state index in [1.54, 1.807) is 6.26 Å². The summed E-state index contributed by atoms with van der Waals surface area (Å²) < 4.78 is 38.8. The summed E-state index contributed by atoms with van der Waals surface area (Å²) in [6, 6.07) is 4.66. The maximum Gasteiger partial charge on any atom is 0.416 e. The predicted octanol–water partition coefficient (Wildman–Crippen LogP) is 9.78. The molecule has 2 aromatic rings. The highest BCUT2D eigenvalue weighted by molar-refractivity contribution is 7.79. The molecule has 0 saturated heterocycles. The minimum atomic E-state index is -4.42. The molecule has 40 heavy (non-hydrogen) atoms. The van der Waals surface area contributed by atoms with E-state index in [2.05, 4.69) is 54.2 Å². The topological polar surface area (TPSA) is 53.4 Å². The third-order valence-electron chi connectivity index (χ3n) is 7.76. The number of aromatic nitrogens is 1. The molecular formula is C33H52F3NO2S. The normalized spacial score (nSPS) is 18.9. The molecule has 2 aliphatic rings. The average Bonchev–Trinajstić information content (AvgIpc) is 2.83. The molecule has 2 atom stereocenters. The zero-order chi connectivity index (χ0) is 31.1. The Labute approximate surface area is 246 Å². The average molecular weight is 584 g/mol. The van der Waals surface area contributed by atoms with Gasteiger partial charge in [0.1, 0.15) is 6.10 Å². The third-order valence-corrected chi connectivity index (χ3v) is 7.76. The zero-order valence-electron chi connectivity index (χ0n) is 26.2. The molecule has 1 aromatic heterocycles. The van der Waals surface area contributed by atoms with Gasteiger partial charge in [-0.1, -0.05) is 80.4 Å². The van der Waals surface area contributed by atoms with Crippen LogP contribution in [-0.2, 0) is 12.6 Å². The summed E-state index contributed by atoms with van der Waals surface area (Å²) in [5.74, 6) is 0.246. The lowest BCUT2D eigenvalue weighted by Crippen LogP contribution is -2.30. The van der Waals surface area contributed by atoms with Crippen molar-refractivity contribution in [2.24, 2.45) is 10.8 Å². The minimum Gasteiger partial charge on any atom is -0.388 e. The van der Waals surface area contributed by atoms with Crippen molar-refractivity contribution in [3.63, 3.8) is 0 Å². The fourth-order valence-electron chi connectivity index (χ4n) is 4.91. The smallest absolute Gasteiger partial charge is 0.388 e. The van der Waals surface area contributed by atoms with Crippen LogP contribution in [0.2, 0.25) is 0 Å². The van der Waals surface area contributed by atoms with E-state index in [1.165, 1.54) is 18.6 Å². The maximum atomic E-state index is 12.9. The zero-order valence-corrected chi connectivity index (χ0v) is 27.1. The summed E-state index contributed by atoms with van der Waals surface area (Å²) in [6.45, 7) is 19.1. The van der Waals surface area contributed by atoms with Crippen LogP contribution in [0, 0.1) is 17.8 Å². The summed E-state index contributed by atoms with van der Waals surface area (Å²) >= 11 is 3.53. The van der Waals surface area contributed by atoms with Gasteiger partial charge in [-0.3, -0.25) is 4.98 Å². The number of hydrogen-bond acceptors (Lipinski definition) is 4. The first-order valence-electron chi connectivity index (χ1n) is 14.5. The third kappa shape index (κ3) is 9.49. The molecule has 4 rings (SSSR count). The van der Waals surface area contributed by atoms with Gasteiger partial charge < -0.3 is 10.2 Å². The van der Waals surface area contributed by atoms with Gasteiger partial charge in [0.05, 0.1) is 17.4 Å². The van der Waals surface area contributed by atoms with Gasteiger partial charge in [-0.2, -0.15) is 25.8 Å². The van der Waals surface area contributed by atoms with Crippen molar-refractivity contribution >= 4 is 12.6 Å². The van der Waals surface area contributed by atoms with Crippen LogP contribution in [0.1, 0.15) is 145 Å². The molecule has 2 N–H and O–H groups in total. The first kappa shape index (κ1) is 36.5. The van der Waals surface area contributed by atoms with Gasteiger partial charge in [0.2, 0.25) is 0 Å². The van der Waals surface area contributed by atoms with Gasteiger partial charge >= 0.3 is 6.18 Å². The highest BCUT2D eigenvalue weighted by atomic mass is 32.1. The number of fused-ring (bicyclic) bond motifs is 1. The number of halogens is 3. The molecule has 7 heteroatoms. The number of thiol groups is 1. The number of nitrogens with zero attached hydrogens (tertiary/aromatic N) is 1. The first-order valence-corrected chi connectivity index (χ1v) is 15.4. The van der Waals surface area contributed by atoms with Crippen LogP contribution in [0.25, 0.3) is 0 Å². The predicted molar refractivity (Wildman–Crippen MR) is 164 cm³/mol. The number of benzene rings is 1. The highest BCUT2D eigenvalue weighted by Gasteiger charge is 2.38. The van der Waals surface area contributed by atoms with Crippen molar-refractivity contribution < 1.29 is 23.4 Å². The van der Waals surface area contributed by atoms with Crippen molar-refractivity contribution in [1.82, 2.24) is 4.98 Å². The second kappa shape index (κ2) is 15.1. The molecule has 1 fully saturated rings. The van der Waals surface area contributed by atoms with Crippen LogP contribution in [0.4, 0.5) is 13.2 Å². The Morgan fingerprint density at radius 2 is 1.55 bits per heavy atom. The van der Waals surface area contributed by atoms with Gasteiger partial charge in [-0.15, -0.1) is 0 Å². The van der Waals surface area contributed by atoms with Crippen LogP contribution in [0.15, 0.2) is 24.3 Å². The van der Waals surface area contributed by atoms with Crippen LogP contribution < -0.4 is 0 Å². The summed E-state index contributed by atoms with van der Waals surface area (Å²) in [7, 11) is 0. The maximum absolute atomic E-state index is 12.9. The molecule has 1 aromatic carbocycles. The summed E-state index contributed by atoms with van der Waals surface area (Å²) in [5.41, 5.74) is 4.12. The van der Waals surface area contributed by atoms with Gasteiger partial charge in [0.25, 0.3) is 0 Å². The Bertz CT molecular complexity index is 1060. The SMILES string of the molecule is CC.CCC(C)(C)C.CS.Cc1c2c(nc(C3CCC3)c1[C@@H](O)c1ccc(C(F)(F)F)cc1)CC(C)(C)CC2O. The van der Waals surface area contributed by atoms with Crippen LogP contribution in [-0.4, -0.2) is 21.5 Å².